The normalized spacial score (nSPS) is 11.3. The van der Waals surface area contributed by atoms with Crippen LogP contribution in [-0.4, -0.2) is 50.6 Å². The van der Waals surface area contributed by atoms with Crippen molar-refractivity contribution in [1.82, 2.24) is 30.7 Å². The van der Waals surface area contributed by atoms with Crippen molar-refractivity contribution < 1.29 is 18.9 Å². The summed E-state index contributed by atoms with van der Waals surface area (Å²) in [6.07, 6.45) is 0. The van der Waals surface area contributed by atoms with Crippen LogP contribution in [0.25, 0.3) is 17.1 Å². The molecule has 0 radical (unpaired) electrons. The monoisotopic (exact) mass is 448 g/mol. The second kappa shape index (κ2) is 9.60. The first-order chi connectivity index (χ1) is 16.1. The van der Waals surface area contributed by atoms with Crippen LogP contribution in [-0.2, 0) is 0 Å². The van der Waals surface area contributed by atoms with Crippen molar-refractivity contribution in [3.8, 4) is 28.6 Å². The summed E-state index contributed by atoms with van der Waals surface area (Å²) < 4.78 is 16.9. The number of nitrogen functional groups attached to an aromatic ring is 1. The van der Waals surface area contributed by atoms with E-state index in [1.165, 1.54) is 11.8 Å². The lowest BCUT2D eigenvalue weighted by Gasteiger charge is -2.08. The number of hydrogen-bond acceptors (Lipinski definition) is 10. The average Bonchev–Trinajstić information content (AvgIpc) is 3.47. The first-order valence-electron chi connectivity index (χ1n) is 9.76. The van der Waals surface area contributed by atoms with Crippen molar-refractivity contribution in [3.63, 3.8) is 0 Å². The van der Waals surface area contributed by atoms with Gasteiger partial charge in [0.2, 0.25) is 11.6 Å². The molecule has 2 heterocycles. The molecule has 0 aliphatic heterocycles. The number of aromatic nitrogens is 5. The zero-order valence-electron chi connectivity index (χ0n) is 17.8. The van der Waals surface area contributed by atoms with E-state index in [1.54, 1.807) is 31.2 Å². The number of benzene rings is 2. The van der Waals surface area contributed by atoms with Crippen molar-refractivity contribution in [2.45, 2.75) is 6.92 Å². The van der Waals surface area contributed by atoms with Gasteiger partial charge < -0.3 is 15.2 Å². The zero-order chi connectivity index (χ0) is 23.2. The van der Waals surface area contributed by atoms with E-state index in [2.05, 4.69) is 35.8 Å². The second-order valence-electron chi connectivity index (χ2n) is 6.79. The van der Waals surface area contributed by atoms with Crippen LogP contribution in [0.3, 0.4) is 0 Å². The van der Waals surface area contributed by atoms with Crippen LogP contribution in [0.5, 0.6) is 11.5 Å². The molecule has 4 rings (SSSR count). The van der Waals surface area contributed by atoms with Crippen LogP contribution >= 0.6 is 0 Å². The molecular formula is C21H20N8O4. The van der Waals surface area contributed by atoms with E-state index in [-0.39, 0.29) is 23.9 Å². The molecule has 2 aromatic carbocycles. The summed E-state index contributed by atoms with van der Waals surface area (Å²) in [6.45, 7) is 1.92. The molecule has 4 aromatic rings. The lowest BCUT2D eigenvalue weighted by atomic mass is 10.1. The summed E-state index contributed by atoms with van der Waals surface area (Å²) in [7, 11) is 1.54. The predicted octanol–water partition coefficient (Wildman–Crippen LogP) is 2.09. The Balaban J connectivity index is 1.61. The highest BCUT2D eigenvalue weighted by atomic mass is 16.6. The molecule has 0 aliphatic rings. The van der Waals surface area contributed by atoms with Crippen molar-refractivity contribution in [3.05, 3.63) is 60.3 Å². The van der Waals surface area contributed by atoms with E-state index >= 15 is 0 Å². The molecule has 12 heteroatoms. The maximum absolute atomic E-state index is 12.9. The molecule has 0 saturated carbocycles. The molecule has 0 bridgehead atoms. The van der Waals surface area contributed by atoms with Gasteiger partial charge in [-0.1, -0.05) is 35.5 Å². The second-order valence-corrected chi connectivity index (χ2v) is 6.79. The maximum Gasteiger partial charge on any atom is 0.294 e. The molecule has 0 spiro atoms. The highest BCUT2D eigenvalue weighted by molar-refractivity contribution is 5.99. The Kier molecular flexibility index (Phi) is 6.25. The van der Waals surface area contributed by atoms with Crippen LogP contribution in [0.2, 0.25) is 0 Å². The van der Waals surface area contributed by atoms with Crippen molar-refractivity contribution in [1.29, 1.82) is 0 Å². The van der Waals surface area contributed by atoms with Gasteiger partial charge in [-0.15, -0.1) is 5.10 Å². The van der Waals surface area contributed by atoms with Crippen LogP contribution in [0.15, 0.2) is 64.3 Å². The molecule has 12 nitrogen and oxygen atoms in total. The molecule has 0 unspecified atom stereocenters. The standard InChI is InChI=1S/C21H20N8O4/c1-13(12-32-15-8-4-3-5-9-15)23-25-21(30)17-18(14-7-6-10-16(11-14)31-2)29(28-24-17)20-19(22)26-33-27-20/h3-11H,12H2,1-2H3,(H2,22,26)(H,25,30). The third kappa shape index (κ3) is 4.79. The van der Waals surface area contributed by atoms with Crippen molar-refractivity contribution in [2.75, 3.05) is 19.5 Å². The van der Waals surface area contributed by atoms with Gasteiger partial charge in [0.15, 0.2) is 5.69 Å². The zero-order valence-corrected chi connectivity index (χ0v) is 17.8. The molecule has 2 aromatic heterocycles. The van der Waals surface area contributed by atoms with E-state index in [1.807, 2.05) is 30.3 Å². The Hall–Kier alpha value is -4.74. The van der Waals surface area contributed by atoms with Crippen molar-refractivity contribution >= 4 is 17.4 Å². The van der Waals surface area contributed by atoms with Gasteiger partial charge in [0.05, 0.1) is 12.8 Å². The number of amides is 1. The number of carbonyl (C=O) groups is 1. The van der Waals surface area contributed by atoms with Gasteiger partial charge >= 0.3 is 0 Å². The summed E-state index contributed by atoms with van der Waals surface area (Å²) in [5, 5.41) is 19.4. The van der Waals surface area contributed by atoms with E-state index in [4.69, 9.17) is 15.2 Å². The highest BCUT2D eigenvalue weighted by Gasteiger charge is 2.25. The third-order valence-corrected chi connectivity index (χ3v) is 4.46. The van der Waals surface area contributed by atoms with Gasteiger partial charge in [0, 0.05) is 5.56 Å². The molecule has 0 saturated heterocycles. The summed E-state index contributed by atoms with van der Waals surface area (Å²) in [5.41, 5.74) is 9.73. The number of methoxy groups -OCH3 is 1. The molecule has 3 N–H and O–H groups in total. The fraction of sp³-hybridized carbons (Fsp3) is 0.143. The number of para-hydroxylation sites is 1. The highest BCUT2D eigenvalue weighted by Crippen LogP contribution is 2.28. The summed E-state index contributed by atoms with van der Waals surface area (Å²) >= 11 is 0. The van der Waals surface area contributed by atoms with E-state index in [0.717, 1.165) is 0 Å². The van der Waals surface area contributed by atoms with Crippen molar-refractivity contribution in [2.24, 2.45) is 5.10 Å². The summed E-state index contributed by atoms with van der Waals surface area (Å²) in [6, 6.07) is 16.3. The SMILES string of the molecule is COc1cccc(-c2c(C(=O)NN=C(C)COc3ccccc3)nnn2-c2nonc2N)c1. The fourth-order valence-corrected chi connectivity index (χ4v) is 2.89. The first kappa shape index (κ1) is 21.5. The van der Waals surface area contributed by atoms with Crippen LogP contribution in [0.4, 0.5) is 5.82 Å². The average molecular weight is 448 g/mol. The Morgan fingerprint density at radius 2 is 1.94 bits per heavy atom. The van der Waals surface area contributed by atoms with Gasteiger partial charge in [-0.2, -0.15) is 9.78 Å². The number of anilines is 1. The molecule has 0 aliphatic carbocycles. The number of nitrogens with one attached hydrogen (secondary N) is 1. The molecule has 33 heavy (non-hydrogen) atoms. The maximum atomic E-state index is 12.9. The van der Waals surface area contributed by atoms with Crippen LogP contribution in [0, 0.1) is 0 Å². The predicted molar refractivity (Wildman–Crippen MR) is 118 cm³/mol. The minimum atomic E-state index is -0.590. The topological polar surface area (TPSA) is 156 Å². The Bertz CT molecular complexity index is 1280. The molecule has 168 valence electrons. The van der Waals surface area contributed by atoms with Crippen LogP contribution in [0.1, 0.15) is 17.4 Å². The Labute approximate surface area is 188 Å². The minimum Gasteiger partial charge on any atom is -0.497 e. The third-order valence-electron chi connectivity index (χ3n) is 4.46. The number of nitrogens with zero attached hydrogens (tertiary/aromatic N) is 6. The molecule has 0 fully saturated rings. The lowest BCUT2D eigenvalue weighted by Crippen LogP contribution is -2.22. The number of carbonyl (C=O) groups excluding carboxylic acids is 1. The number of hydrogen-bond donors (Lipinski definition) is 2. The van der Waals surface area contributed by atoms with Gasteiger partial charge in [-0.3, -0.25) is 4.79 Å². The van der Waals surface area contributed by atoms with Gasteiger partial charge in [-0.05, 0) is 41.5 Å². The number of rotatable bonds is 8. The number of hydrazone groups is 1. The lowest BCUT2D eigenvalue weighted by molar-refractivity contribution is 0.0950. The first-order valence-corrected chi connectivity index (χ1v) is 9.76. The smallest absolute Gasteiger partial charge is 0.294 e. The Morgan fingerprint density at radius 1 is 1.15 bits per heavy atom. The molecule has 1 amide bonds. The van der Waals surface area contributed by atoms with E-state index < -0.39 is 5.91 Å². The number of ether oxygens (including phenoxy) is 2. The van der Waals surface area contributed by atoms with Gasteiger partial charge in [0.1, 0.15) is 23.8 Å². The van der Waals surface area contributed by atoms with E-state index in [0.29, 0.717) is 28.5 Å². The van der Waals surface area contributed by atoms with Gasteiger partial charge in [0.25, 0.3) is 5.91 Å². The van der Waals surface area contributed by atoms with Crippen LogP contribution < -0.4 is 20.6 Å². The quantitative estimate of drug-likeness (QED) is 0.304. The van der Waals surface area contributed by atoms with E-state index in [9.17, 15) is 4.79 Å². The largest absolute Gasteiger partial charge is 0.497 e. The minimum absolute atomic E-state index is 0.00817. The molecular weight excluding hydrogens is 428 g/mol. The summed E-state index contributed by atoms with van der Waals surface area (Å²) in [5.74, 6) is 0.761. The van der Waals surface area contributed by atoms with Gasteiger partial charge in [-0.25, -0.2) is 10.1 Å². The summed E-state index contributed by atoms with van der Waals surface area (Å²) in [4.78, 5) is 12.9. The Morgan fingerprint density at radius 3 is 2.67 bits per heavy atom. The fourth-order valence-electron chi connectivity index (χ4n) is 2.89. The molecule has 0 atom stereocenters. The number of nitrogens with two attached hydrogens (primary N) is 1.